The topological polar surface area (TPSA) is 43.0 Å². The maximum Gasteiger partial charge on any atom is 0.0701 e. The monoisotopic (exact) mass is 302 g/mol. The van der Waals surface area contributed by atoms with Crippen molar-refractivity contribution in [3.63, 3.8) is 0 Å². The first-order valence-electron chi connectivity index (χ1n) is 8.23. The standard InChI is InChI=1S/C16H34N2O3/c1-5-6-15-13-18(16(2,3)14-17-15)7-8-20-11-12-21-10-9-19-4/h15,17H,5-14H2,1-4H3. The predicted octanol–water partition coefficient (Wildman–Crippen LogP) is 1.52. The number of hydrogen-bond acceptors (Lipinski definition) is 5. The molecule has 0 saturated carbocycles. The molecule has 21 heavy (non-hydrogen) atoms. The predicted molar refractivity (Wildman–Crippen MR) is 85.9 cm³/mol. The number of hydrogen-bond donors (Lipinski definition) is 1. The molecule has 5 heteroatoms. The maximum atomic E-state index is 5.68. The summed E-state index contributed by atoms with van der Waals surface area (Å²) in [4.78, 5) is 2.55. The van der Waals surface area contributed by atoms with Crippen molar-refractivity contribution in [1.29, 1.82) is 0 Å². The van der Waals surface area contributed by atoms with E-state index in [-0.39, 0.29) is 5.54 Å². The Morgan fingerprint density at radius 1 is 1.10 bits per heavy atom. The lowest BCUT2D eigenvalue weighted by molar-refractivity contribution is 0.000280. The van der Waals surface area contributed by atoms with E-state index in [4.69, 9.17) is 14.2 Å². The molecule has 5 nitrogen and oxygen atoms in total. The van der Waals surface area contributed by atoms with Crippen LogP contribution in [0.2, 0.25) is 0 Å². The van der Waals surface area contributed by atoms with Crippen LogP contribution >= 0.6 is 0 Å². The zero-order chi connectivity index (χ0) is 15.6. The van der Waals surface area contributed by atoms with Gasteiger partial charge in [0.05, 0.1) is 33.0 Å². The molecule has 0 spiro atoms. The second-order valence-corrected chi connectivity index (χ2v) is 6.34. The largest absolute Gasteiger partial charge is 0.382 e. The zero-order valence-corrected chi connectivity index (χ0v) is 14.3. The summed E-state index contributed by atoms with van der Waals surface area (Å²) >= 11 is 0. The van der Waals surface area contributed by atoms with Crippen LogP contribution < -0.4 is 5.32 Å². The van der Waals surface area contributed by atoms with Gasteiger partial charge in [0.2, 0.25) is 0 Å². The first-order valence-corrected chi connectivity index (χ1v) is 8.23. The smallest absolute Gasteiger partial charge is 0.0701 e. The van der Waals surface area contributed by atoms with E-state index >= 15 is 0 Å². The van der Waals surface area contributed by atoms with Gasteiger partial charge in [0.25, 0.3) is 0 Å². The highest BCUT2D eigenvalue weighted by molar-refractivity contribution is 4.92. The van der Waals surface area contributed by atoms with E-state index in [2.05, 4.69) is 31.0 Å². The van der Waals surface area contributed by atoms with Crippen LogP contribution in [0.3, 0.4) is 0 Å². The van der Waals surface area contributed by atoms with Crippen LogP contribution in [0.25, 0.3) is 0 Å². The van der Waals surface area contributed by atoms with E-state index < -0.39 is 0 Å². The maximum absolute atomic E-state index is 5.68. The quantitative estimate of drug-likeness (QED) is 0.586. The van der Waals surface area contributed by atoms with Crippen molar-refractivity contribution in [2.75, 3.05) is 59.8 Å². The fourth-order valence-electron chi connectivity index (χ4n) is 2.66. The van der Waals surface area contributed by atoms with E-state index in [0.717, 1.165) is 26.2 Å². The van der Waals surface area contributed by atoms with Crippen LogP contribution in [-0.4, -0.2) is 76.3 Å². The molecule has 1 aliphatic heterocycles. The Morgan fingerprint density at radius 2 is 1.76 bits per heavy atom. The Balaban J connectivity index is 2.13. The summed E-state index contributed by atoms with van der Waals surface area (Å²) in [6.07, 6.45) is 2.49. The third kappa shape index (κ3) is 7.56. The molecule has 1 heterocycles. The van der Waals surface area contributed by atoms with Crippen LogP contribution in [0.4, 0.5) is 0 Å². The molecule has 1 unspecified atom stereocenters. The molecule has 1 aliphatic rings. The molecule has 0 amide bonds. The summed E-state index contributed by atoms with van der Waals surface area (Å²) in [5, 5.41) is 3.66. The van der Waals surface area contributed by atoms with Crippen LogP contribution in [0.5, 0.6) is 0 Å². The summed E-state index contributed by atoms with van der Waals surface area (Å²) in [7, 11) is 1.68. The average molecular weight is 302 g/mol. The van der Waals surface area contributed by atoms with Gasteiger partial charge in [0.1, 0.15) is 0 Å². The first kappa shape index (κ1) is 18.8. The van der Waals surface area contributed by atoms with Gasteiger partial charge in [-0.15, -0.1) is 0 Å². The summed E-state index contributed by atoms with van der Waals surface area (Å²) < 4.78 is 16.0. The first-order chi connectivity index (χ1) is 10.1. The summed E-state index contributed by atoms with van der Waals surface area (Å²) in [6.45, 7) is 13.4. The molecule has 0 aromatic rings. The van der Waals surface area contributed by atoms with E-state index in [1.165, 1.54) is 12.8 Å². The molecule has 1 fully saturated rings. The molecular weight excluding hydrogens is 268 g/mol. The van der Waals surface area contributed by atoms with Crippen molar-refractivity contribution >= 4 is 0 Å². The molecule has 0 aromatic heterocycles. The molecule has 0 radical (unpaired) electrons. The molecule has 1 atom stereocenters. The molecule has 1 N–H and O–H groups in total. The number of nitrogens with one attached hydrogen (secondary N) is 1. The van der Waals surface area contributed by atoms with Crippen molar-refractivity contribution < 1.29 is 14.2 Å². The number of methoxy groups -OCH3 is 1. The number of rotatable bonds is 11. The highest BCUT2D eigenvalue weighted by atomic mass is 16.5. The van der Waals surface area contributed by atoms with Crippen molar-refractivity contribution in [3.05, 3.63) is 0 Å². The summed E-state index contributed by atoms with van der Waals surface area (Å²) in [5.41, 5.74) is 0.211. The summed E-state index contributed by atoms with van der Waals surface area (Å²) in [6, 6.07) is 0.625. The lowest BCUT2D eigenvalue weighted by Crippen LogP contribution is -2.62. The lowest BCUT2D eigenvalue weighted by Gasteiger charge is -2.46. The second kappa shape index (κ2) is 10.5. The third-order valence-corrected chi connectivity index (χ3v) is 4.07. The van der Waals surface area contributed by atoms with Crippen LogP contribution in [0.1, 0.15) is 33.6 Å². The van der Waals surface area contributed by atoms with E-state index in [1.54, 1.807) is 7.11 Å². The number of piperazine rings is 1. The van der Waals surface area contributed by atoms with Crippen LogP contribution in [-0.2, 0) is 14.2 Å². The van der Waals surface area contributed by atoms with Crippen molar-refractivity contribution in [3.8, 4) is 0 Å². The van der Waals surface area contributed by atoms with Gasteiger partial charge in [-0.1, -0.05) is 13.3 Å². The van der Waals surface area contributed by atoms with Gasteiger partial charge in [-0.3, -0.25) is 4.90 Å². The number of ether oxygens (including phenoxy) is 3. The average Bonchev–Trinajstić information content (AvgIpc) is 2.45. The molecule has 0 aliphatic carbocycles. The Morgan fingerprint density at radius 3 is 2.43 bits per heavy atom. The highest BCUT2D eigenvalue weighted by Gasteiger charge is 2.32. The van der Waals surface area contributed by atoms with Gasteiger partial charge < -0.3 is 19.5 Å². The van der Waals surface area contributed by atoms with Crippen LogP contribution in [0, 0.1) is 0 Å². The third-order valence-electron chi connectivity index (χ3n) is 4.07. The van der Waals surface area contributed by atoms with Crippen molar-refractivity contribution in [2.24, 2.45) is 0 Å². The zero-order valence-electron chi connectivity index (χ0n) is 14.3. The summed E-state index contributed by atoms with van der Waals surface area (Å²) in [5.74, 6) is 0. The van der Waals surface area contributed by atoms with Gasteiger partial charge >= 0.3 is 0 Å². The minimum absolute atomic E-state index is 0.211. The normalized spacial score (nSPS) is 22.6. The Labute approximate surface area is 130 Å². The van der Waals surface area contributed by atoms with Gasteiger partial charge in [-0.25, -0.2) is 0 Å². The van der Waals surface area contributed by atoms with Gasteiger partial charge in [-0.2, -0.15) is 0 Å². The molecule has 0 bridgehead atoms. The lowest BCUT2D eigenvalue weighted by atomic mass is 9.96. The van der Waals surface area contributed by atoms with E-state index in [0.29, 0.717) is 32.5 Å². The molecule has 0 aromatic carbocycles. The SMILES string of the molecule is CCCC1CN(CCOCCOCCOC)C(C)(C)CN1. The van der Waals surface area contributed by atoms with Crippen LogP contribution in [0.15, 0.2) is 0 Å². The Kier molecular flexibility index (Phi) is 9.44. The van der Waals surface area contributed by atoms with Gasteiger partial charge in [0, 0.05) is 38.3 Å². The molecule has 1 rings (SSSR count). The molecule has 1 saturated heterocycles. The minimum Gasteiger partial charge on any atom is -0.382 e. The second-order valence-electron chi connectivity index (χ2n) is 6.34. The van der Waals surface area contributed by atoms with Gasteiger partial charge in [-0.05, 0) is 20.3 Å². The number of nitrogens with zero attached hydrogens (tertiary/aromatic N) is 1. The van der Waals surface area contributed by atoms with E-state index in [9.17, 15) is 0 Å². The Hall–Kier alpha value is -0.200. The van der Waals surface area contributed by atoms with Gasteiger partial charge in [0.15, 0.2) is 0 Å². The fourth-order valence-corrected chi connectivity index (χ4v) is 2.66. The Bertz CT molecular complexity index is 262. The van der Waals surface area contributed by atoms with E-state index in [1.807, 2.05) is 0 Å². The highest BCUT2D eigenvalue weighted by Crippen LogP contribution is 2.19. The minimum atomic E-state index is 0.211. The van der Waals surface area contributed by atoms with Crippen molar-refractivity contribution in [1.82, 2.24) is 10.2 Å². The molecular formula is C16H34N2O3. The molecule has 126 valence electrons. The fraction of sp³-hybridized carbons (Fsp3) is 1.00. The van der Waals surface area contributed by atoms with Crippen molar-refractivity contribution in [2.45, 2.75) is 45.2 Å².